The molecular formula is C25H25ClN2O2. The first-order chi connectivity index (χ1) is 14.6. The van der Waals surface area contributed by atoms with Gasteiger partial charge in [0.1, 0.15) is 5.69 Å². The Bertz CT molecular complexity index is 1130. The maximum Gasteiger partial charge on any atom is 0.297 e. The highest BCUT2D eigenvalue weighted by Crippen LogP contribution is 2.41. The number of unbranched alkanes of at least 4 members (excludes halogenated alkanes) is 1. The molecule has 1 atom stereocenters. The zero-order valence-corrected chi connectivity index (χ0v) is 18.1. The molecule has 3 aromatic rings. The Morgan fingerprint density at radius 3 is 2.67 bits per heavy atom. The summed E-state index contributed by atoms with van der Waals surface area (Å²) in [5, 5.41) is 3.03. The number of fused-ring (bicyclic) bond motifs is 3. The Labute approximate surface area is 182 Å². The molecule has 0 spiro atoms. The average molecular weight is 421 g/mol. The van der Waals surface area contributed by atoms with Crippen LogP contribution in [0.2, 0.25) is 5.02 Å². The summed E-state index contributed by atoms with van der Waals surface area (Å²) in [6.07, 6.45) is 4.20. The minimum absolute atomic E-state index is 0.168. The number of carbonyl (C=O) groups is 1. The Hall–Kier alpha value is -2.74. The third-order valence-electron chi connectivity index (χ3n) is 5.60. The summed E-state index contributed by atoms with van der Waals surface area (Å²) in [4.78, 5) is 18.8. The lowest BCUT2D eigenvalue weighted by atomic mass is 10.0. The predicted octanol–water partition coefficient (Wildman–Crippen LogP) is 5.79. The van der Waals surface area contributed by atoms with Crippen molar-refractivity contribution in [2.24, 2.45) is 0 Å². The molecular weight excluding hydrogens is 396 g/mol. The second kappa shape index (κ2) is 8.55. The Morgan fingerprint density at radius 2 is 1.93 bits per heavy atom. The van der Waals surface area contributed by atoms with Crippen LogP contribution >= 0.6 is 11.6 Å². The Kier molecular flexibility index (Phi) is 5.85. The summed E-state index contributed by atoms with van der Waals surface area (Å²) < 4.78 is 2.04. The highest BCUT2D eigenvalue weighted by molar-refractivity contribution is 6.31. The van der Waals surface area contributed by atoms with Crippen molar-refractivity contribution in [2.45, 2.75) is 44.7 Å². The molecule has 5 heteroatoms. The van der Waals surface area contributed by atoms with Crippen molar-refractivity contribution in [1.29, 1.82) is 0 Å². The zero-order valence-electron chi connectivity index (χ0n) is 17.3. The van der Waals surface area contributed by atoms with E-state index in [1.165, 1.54) is 17.7 Å². The molecule has 0 bridgehead atoms. The van der Waals surface area contributed by atoms with Crippen molar-refractivity contribution in [3.8, 4) is 11.8 Å². The third kappa shape index (κ3) is 3.49. The van der Waals surface area contributed by atoms with Crippen LogP contribution in [0.3, 0.4) is 0 Å². The van der Waals surface area contributed by atoms with E-state index in [2.05, 4.69) is 30.9 Å². The summed E-state index contributed by atoms with van der Waals surface area (Å²) in [7, 11) is 1.54. The molecule has 0 saturated heterocycles. The molecule has 1 aromatic heterocycles. The van der Waals surface area contributed by atoms with Gasteiger partial charge in [-0.2, -0.15) is 5.06 Å². The molecule has 0 N–H and O–H groups in total. The van der Waals surface area contributed by atoms with E-state index in [1.54, 1.807) is 0 Å². The van der Waals surface area contributed by atoms with Crippen molar-refractivity contribution >= 4 is 28.4 Å². The minimum Gasteiger partial charge on any atom is -0.300 e. The molecule has 154 valence electrons. The van der Waals surface area contributed by atoms with Gasteiger partial charge >= 0.3 is 0 Å². The largest absolute Gasteiger partial charge is 0.300 e. The molecule has 1 unspecified atom stereocenters. The van der Waals surface area contributed by atoms with Crippen LogP contribution in [0.25, 0.3) is 10.9 Å². The first-order valence-electron chi connectivity index (χ1n) is 10.3. The van der Waals surface area contributed by atoms with Gasteiger partial charge in [-0.05, 0) is 48.6 Å². The SMILES string of the molecule is CCCCC1(C#CCCc2ccccc2)N(OC)C(=O)c2cc3cc(Cl)ccc3n21. The van der Waals surface area contributed by atoms with E-state index in [-0.39, 0.29) is 5.91 Å². The van der Waals surface area contributed by atoms with E-state index < -0.39 is 5.66 Å². The number of aryl methyl sites for hydroxylation is 1. The highest BCUT2D eigenvalue weighted by atomic mass is 35.5. The molecule has 0 fully saturated rings. The third-order valence-corrected chi connectivity index (χ3v) is 5.84. The number of carbonyl (C=O) groups excluding carboxylic acids is 1. The number of halogens is 1. The molecule has 2 aromatic carbocycles. The number of amides is 1. The second-order valence-electron chi connectivity index (χ2n) is 7.56. The lowest BCUT2D eigenvalue weighted by Crippen LogP contribution is -2.45. The second-order valence-corrected chi connectivity index (χ2v) is 7.99. The van der Waals surface area contributed by atoms with Gasteiger partial charge in [-0.1, -0.05) is 61.2 Å². The van der Waals surface area contributed by atoms with Crippen LogP contribution in [0.5, 0.6) is 0 Å². The van der Waals surface area contributed by atoms with Crippen LogP contribution in [-0.4, -0.2) is 22.6 Å². The number of nitrogens with zero attached hydrogens (tertiary/aromatic N) is 2. The van der Waals surface area contributed by atoms with Crippen LogP contribution in [0.4, 0.5) is 0 Å². The van der Waals surface area contributed by atoms with E-state index in [1.807, 2.05) is 47.0 Å². The fourth-order valence-corrected chi connectivity index (χ4v) is 4.38. The van der Waals surface area contributed by atoms with Crippen molar-refractivity contribution in [2.75, 3.05) is 7.11 Å². The van der Waals surface area contributed by atoms with Gasteiger partial charge in [-0.3, -0.25) is 14.2 Å². The monoisotopic (exact) mass is 420 g/mol. The first-order valence-corrected chi connectivity index (χ1v) is 10.7. The van der Waals surface area contributed by atoms with Crippen molar-refractivity contribution in [1.82, 2.24) is 9.63 Å². The van der Waals surface area contributed by atoms with Crippen LogP contribution in [0.15, 0.2) is 54.6 Å². The average Bonchev–Trinajstić information content (AvgIpc) is 3.24. The molecule has 0 radical (unpaired) electrons. The van der Waals surface area contributed by atoms with E-state index in [0.29, 0.717) is 23.6 Å². The Morgan fingerprint density at radius 1 is 1.13 bits per heavy atom. The van der Waals surface area contributed by atoms with E-state index in [0.717, 1.165) is 30.2 Å². The van der Waals surface area contributed by atoms with Gasteiger partial charge in [0, 0.05) is 23.3 Å². The molecule has 0 aliphatic carbocycles. The topological polar surface area (TPSA) is 34.5 Å². The van der Waals surface area contributed by atoms with Gasteiger partial charge < -0.3 is 0 Å². The molecule has 1 aliphatic heterocycles. The van der Waals surface area contributed by atoms with Gasteiger partial charge in [-0.15, -0.1) is 0 Å². The summed E-state index contributed by atoms with van der Waals surface area (Å²) in [6.45, 7) is 2.14. The lowest BCUT2D eigenvalue weighted by Gasteiger charge is -2.34. The zero-order chi connectivity index (χ0) is 21.1. The van der Waals surface area contributed by atoms with Gasteiger partial charge in [0.05, 0.1) is 12.6 Å². The standard InChI is InChI=1S/C25H25ClN2O2/c1-3-4-15-25(16-9-8-12-19-10-6-5-7-11-19)27-22-14-13-21(26)17-20(22)18-23(27)24(29)28(25)30-2/h5-7,10-11,13-14,17-18H,3-4,8,12,15H2,1-2H3. The van der Waals surface area contributed by atoms with Gasteiger partial charge in [0.15, 0.2) is 0 Å². The number of hydrogen-bond donors (Lipinski definition) is 0. The molecule has 4 nitrogen and oxygen atoms in total. The molecule has 4 rings (SSSR count). The summed E-state index contributed by atoms with van der Waals surface area (Å²) in [5.74, 6) is 6.62. The number of aromatic nitrogens is 1. The summed E-state index contributed by atoms with van der Waals surface area (Å²) >= 11 is 6.19. The van der Waals surface area contributed by atoms with E-state index in [4.69, 9.17) is 16.4 Å². The minimum atomic E-state index is -0.858. The highest BCUT2D eigenvalue weighted by Gasteiger charge is 2.50. The molecule has 2 heterocycles. The van der Waals surface area contributed by atoms with Crippen LogP contribution in [0.1, 0.15) is 48.7 Å². The van der Waals surface area contributed by atoms with Crippen LogP contribution in [-0.2, 0) is 16.9 Å². The van der Waals surface area contributed by atoms with Gasteiger partial charge in [0.25, 0.3) is 5.91 Å². The number of hydroxylamine groups is 2. The summed E-state index contributed by atoms with van der Waals surface area (Å²) in [6, 6.07) is 17.9. The van der Waals surface area contributed by atoms with Gasteiger partial charge in [0.2, 0.25) is 5.66 Å². The smallest absolute Gasteiger partial charge is 0.297 e. The molecule has 1 aliphatic rings. The quantitative estimate of drug-likeness (QED) is 0.473. The fourth-order valence-electron chi connectivity index (χ4n) is 4.20. The Balaban J connectivity index is 1.78. The van der Waals surface area contributed by atoms with Gasteiger partial charge in [-0.25, -0.2) is 0 Å². The van der Waals surface area contributed by atoms with Crippen molar-refractivity contribution in [3.05, 3.63) is 70.9 Å². The predicted molar refractivity (Wildman–Crippen MR) is 120 cm³/mol. The maximum absolute atomic E-state index is 13.2. The molecule has 1 amide bonds. The summed E-state index contributed by atoms with van der Waals surface area (Å²) in [5.41, 5.74) is 1.92. The molecule has 0 saturated carbocycles. The van der Waals surface area contributed by atoms with E-state index in [9.17, 15) is 4.79 Å². The first kappa shape index (κ1) is 20.5. The maximum atomic E-state index is 13.2. The number of benzene rings is 2. The normalized spacial score (nSPS) is 17.8. The van der Waals surface area contributed by atoms with Crippen LogP contribution in [0, 0.1) is 11.8 Å². The number of hydrogen-bond acceptors (Lipinski definition) is 2. The van der Waals surface area contributed by atoms with Crippen LogP contribution < -0.4 is 0 Å². The fraction of sp³-hybridized carbons (Fsp3) is 0.320. The van der Waals surface area contributed by atoms with Crippen molar-refractivity contribution < 1.29 is 9.63 Å². The number of rotatable bonds is 6. The van der Waals surface area contributed by atoms with Crippen molar-refractivity contribution in [3.63, 3.8) is 0 Å². The molecule has 30 heavy (non-hydrogen) atoms. The van der Waals surface area contributed by atoms with E-state index >= 15 is 0 Å². The lowest BCUT2D eigenvalue weighted by molar-refractivity contribution is -0.160.